The maximum absolute atomic E-state index is 12.6. The monoisotopic (exact) mass is 275 g/mol. The Morgan fingerprint density at radius 3 is 2.79 bits per heavy atom. The number of carbonyl (C=O) groups is 1. The lowest BCUT2D eigenvalue weighted by Crippen LogP contribution is -2.28. The second kappa shape index (κ2) is 5.02. The summed E-state index contributed by atoms with van der Waals surface area (Å²) in [7, 11) is 1.20. The van der Waals surface area contributed by atoms with Gasteiger partial charge in [0.05, 0.1) is 25.4 Å². The Balaban J connectivity index is 2.14. The van der Waals surface area contributed by atoms with Gasteiger partial charge in [-0.3, -0.25) is 4.98 Å². The zero-order chi connectivity index (χ0) is 14.0. The van der Waals surface area contributed by atoms with Gasteiger partial charge >= 0.3 is 12.1 Å². The van der Waals surface area contributed by atoms with Crippen LogP contribution in [0, 0.1) is 5.92 Å². The van der Waals surface area contributed by atoms with Crippen LogP contribution in [0.3, 0.4) is 0 Å². The van der Waals surface area contributed by atoms with Crippen molar-refractivity contribution in [3.63, 3.8) is 0 Å². The van der Waals surface area contributed by atoms with E-state index in [0.29, 0.717) is 0 Å². The van der Waals surface area contributed by atoms with Crippen LogP contribution in [0.1, 0.15) is 16.9 Å². The zero-order valence-electron chi connectivity index (χ0n) is 10.1. The van der Waals surface area contributed by atoms with Crippen molar-refractivity contribution in [3.8, 4) is 0 Å². The van der Waals surface area contributed by atoms with Crippen molar-refractivity contribution in [2.45, 2.75) is 12.6 Å². The average Bonchev–Trinajstić information content (AvgIpc) is 2.87. The normalized spacial score (nSPS) is 19.6. The molecule has 0 spiro atoms. The van der Waals surface area contributed by atoms with Crippen LogP contribution >= 0.6 is 0 Å². The SMILES string of the molecule is COC(=O)c1cncc(N2CCC(C(F)(F)F)C2)n1. The van der Waals surface area contributed by atoms with Gasteiger partial charge in [-0.1, -0.05) is 0 Å². The van der Waals surface area contributed by atoms with E-state index in [0.717, 1.165) is 0 Å². The van der Waals surface area contributed by atoms with E-state index in [9.17, 15) is 18.0 Å². The highest BCUT2D eigenvalue weighted by molar-refractivity contribution is 5.87. The molecule has 1 aliphatic rings. The van der Waals surface area contributed by atoms with E-state index in [1.165, 1.54) is 24.4 Å². The smallest absolute Gasteiger partial charge is 0.393 e. The molecule has 0 amide bonds. The Labute approximate surface area is 107 Å². The molecule has 0 saturated carbocycles. The lowest BCUT2D eigenvalue weighted by atomic mass is 10.1. The van der Waals surface area contributed by atoms with Crippen molar-refractivity contribution in [3.05, 3.63) is 18.1 Å². The molecule has 0 radical (unpaired) electrons. The standard InChI is InChI=1S/C11H12F3N3O2/c1-19-10(18)8-4-15-5-9(16-8)17-3-2-7(6-17)11(12,13)14/h4-5,7H,2-3,6H2,1H3. The Morgan fingerprint density at radius 1 is 1.47 bits per heavy atom. The van der Waals surface area contributed by atoms with Crippen LogP contribution in [0.25, 0.3) is 0 Å². The van der Waals surface area contributed by atoms with Gasteiger partial charge in [0.25, 0.3) is 0 Å². The van der Waals surface area contributed by atoms with Gasteiger partial charge in [-0.25, -0.2) is 9.78 Å². The van der Waals surface area contributed by atoms with Gasteiger partial charge in [-0.05, 0) is 6.42 Å². The van der Waals surface area contributed by atoms with E-state index in [1.807, 2.05) is 0 Å². The highest BCUT2D eigenvalue weighted by Gasteiger charge is 2.43. The molecular weight excluding hydrogens is 263 g/mol. The number of alkyl halides is 3. The van der Waals surface area contributed by atoms with Gasteiger partial charge in [-0.2, -0.15) is 13.2 Å². The average molecular weight is 275 g/mol. The summed E-state index contributed by atoms with van der Waals surface area (Å²) >= 11 is 0. The maximum Gasteiger partial charge on any atom is 0.393 e. The van der Waals surface area contributed by atoms with Gasteiger partial charge in [0, 0.05) is 13.1 Å². The zero-order valence-corrected chi connectivity index (χ0v) is 10.1. The van der Waals surface area contributed by atoms with Gasteiger partial charge in [0.1, 0.15) is 5.82 Å². The summed E-state index contributed by atoms with van der Waals surface area (Å²) in [6.45, 7) is 0.0757. The number of carbonyl (C=O) groups excluding carboxylic acids is 1. The quantitative estimate of drug-likeness (QED) is 0.768. The number of anilines is 1. The Morgan fingerprint density at radius 2 is 2.21 bits per heavy atom. The second-order valence-corrected chi connectivity index (χ2v) is 4.23. The highest BCUT2D eigenvalue weighted by atomic mass is 19.4. The summed E-state index contributed by atoms with van der Waals surface area (Å²) in [6, 6.07) is 0. The van der Waals surface area contributed by atoms with Crippen molar-refractivity contribution >= 4 is 11.8 Å². The second-order valence-electron chi connectivity index (χ2n) is 4.23. The van der Waals surface area contributed by atoms with Crippen molar-refractivity contribution in [1.29, 1.82) is 0 Å². The fourth-order valence-corrected chi connectivity index (χ4v) is 1.95. The number of methoxy groups -OCH3 is 1. The number of hydrogen-bond acceptors (Lipinski definition) is 5. The number of rotatable bonds is 2. The number of hydrogen-bond donors (Lipinski definition) is 0. The van der Waals surface area contributed by atoms with Crippen LogP contribution in [0.4, 0.5) is 19.0 Å². The molecule has 5 nitrogen and oxygen atoms in total. The molecule has 0 aliphatic carbocycles. The molecule has 1 fully saturated rings. The molecule has 1 aromatic rings. The first-order valence-corrected chi connectivity index (χ1v) is 5.64. The summed E-state index contributed by atoms with van der Waals surface area (Å²) < 4.78 is 42.2. The van der Waals surface area contributed by atoms with Crippen LogP contribution in [0.2, 0.25) is 0 Å². The summed E-state index contributed by atoms with van der Waals surface area (Å²) in [5.74, 6) is -1.77. The molecule has 1 aromatic heterocycles. The lowest BCUT2D eigenvalue weighted by molar-refractivity contribution is -0.168. The van der Waals surface area contributed by atoms with Crippen molar-refractivity contribution < 1.29 is 22.7 Å². The molecule has 19 heavy (non-hydrogen) atoms. The first-order valence-electron chi connectivity index (χ1n) is 5.64. The summed E-state index contributed by atoms with van der Waals surface area (Å²) in [5, 5.41) is 0. The van der Waals surface area contributed by atoms with Crippen LogP contribution in [0.15, 0.2) is 12.4 Å². The molecule has 8 heteroatoms. The molecule has 2 rings (SSSR count). The van der Waals surface area contributed by atoms with Crippen LogP contribution in [-0.4, -0.2) is 42.3 Å². The van der Waals surface area contributed by atoms with Crippen molar-refractivity contribution in [2.24, 2.45) is 5.92 Å². The van der Waals surface area contributed by atoms with Crippen molar-refractivity contribution in [1.82, 2.24) is 9.97 Å². The minimum atomic E-state index is -4.21. The van der Waals surface area contributed by atoms with E-state index in [4.69, 9.17) is 0 Å². The number of halogens is 3. The predicted molar refractivity (Wildman–Crippen MR) is 59.7 cm³/mol. The third kappa shape index (κ3) is 2.94. The predicted octanol–water partition coefficient (Wildman–Crippen LogP) is 1.65. The van der Waals surface area contributed by atoms with Gasteiger partial charge in [-0.15, -0.1) is 0 Å². The molecule has 1 atom stereocenters. The third-order valence-electron chi connectivity index (χ3n) is 2.99. The number of nitrogens with zero attached hydrogens (tertiary/aromatic N) is 3. The number of aromatic nitrogens is 2. The lowest BCUT2D eigenvalue weighted by Gasteiger charge is -2.18. The van der Waals surface area contributed by atoms with E-state index in [2.05, 4.69) is 14.7 Å². The molecule has 0 aromatic carbocycles. The first-order chi connectivity index (χ1) is 8.91. The van der Waals surface area contributed by atoms with Gasteiger partial charge < -0.3 is 9.64 Å². The fourth-order valence-electron chi connectivity index (χ4n) is 1.95. The molecule has 0 N–H and O–H groups in total. The largest absolute Gasteiger partial charge is 0.464 e. The Hall–Kier alpha value is -1.86. The molecule has 0 bridgehead atoms. The third-order valence-corrected chi connectivity index (χ3v) is 2.99. The Bertz CT molecular complexity index is 478. The van der Waals surface area contributed by atoms with Crippen LogP contribution in [0.5, 0.6) is 0 Å². The van der Waals surface area contributed by atoms with Gasteiger partial charge in [0.2, 0.25) is 0 Å². The molecule has 1 saturated heterocycles. The van der Waals surface area contributed by atoms with Crippen LogP contribution in [-0.2, 0) is 4.74 Å². The molecule has 1 aliphatic heterocycles. The van der Waals surface area contributed by atoms with Crippen molar-refractivity contribution in [2.75, 3.05) is 25.1 Å². The maximum atomic E-state index is 12.6. The first kappa shape index (κ1) is 13.6. The molecular formula is C11H12F3N3O2. The summed E-state index contributed by atoms with van der Waals surface area (Å²) in [5.41, 5.74) is -0.0181. The number of esters is 1. The molecule has 2 heterocycles. The molecule has 104 valence electrons. The number of ether oxygens (including phenoxy) is 1. The molecule has 1 unspecified atom stereocenters. The van der Waals surface area contributed by atoms with E-state index >= 15 is 0 Å². The highest BCUT2D eigenvalue weighted by Crippen LogP contribution is 2.34. The van der Waals surface area contributed by atoms with Gasteiger partial charge in [0.15, 0.2) is 5.69 Å². The minimum Gasteiger partial charge on any atom is -0.464 e. The Kier molecular flexibility index (Phi) is 3.59. The fraction of sp³-hybridized carbons (Fsp3) is 0.545. The summed E-state index contributed by atoms with van der Waals surface area (Å²) in [6.07, 6.45) is -1.63. The minimum absolute atomic E-state index is 0.0181. The van der Waals surface area contributed by atoms with Crippen LogP contribution < -0.4 is 4.90 Å². The van der Waals surface area contributed by atoms with E-state index < -0.39 is 18.1 Å². The van der Waals surface area contributed by atoms with E-state index in [1.54, 1.807) is 0 Å². The van der Waals surface area contributed by atoms with E-state index in [-0.39, 0.29) is 31.0 Å². The topological polar surface area (TPSA) is 55.3 Å². The summed E-state index contributed by atoms with van der Waals surface area (Å²) in [4.78, 5) is 20.5.